The predicted molar refractivity (Wildman–Crippen MR) is 105 cm³/mol. The summed E-state index contributed by atoms with van der Waals surface area (Å²) in [5.41, 5.74) is 0.852. The first kappa shape index (κ1) is 19.3. The molecule has 7 nitrogen and oxygen atoms in total. The van der Waals surface area contributed by atoms with E-state index < -0.39 is 21.7 Å². The van der Waals surface area contributed by atoms with E-state index >= 15 is 0 Å². The number of nitrogens with one attached hydrogen (secondary N) is 1. The van der Waals surface area contributed by atoms with Crippen LogP contribution in [0.1, 0.15) is 23.9 Å². The quantitative estimate of drug-likeness (QED) is 0.661. The fourth-order valence-corrected chi connectivity index (χ4v) is 4.23. The van der Waals surface area contributed by atoms with Gasteiger partial charge in [-0.3, -0.25) is 4.79 Å². The molecule has 0 spiro atoms. The zero-order valence-corrected chi connectivity index (χ0v) is 16.5. The number of carbonyl (C=O) groups excluding carboxylic acids is 1. The monoisotopic (exact) mass is 418 g/mol. The van der Waals surface area contributed by atoms with Crippen molar-refractivity contribution in [3.05, 3.63) is 54.0 Å². The number of anilines is 1. The number of ether oxygens (including phenoxy) is 1. The molecule has 152 valence electrons. The standard InChI is InChI=1S/C20H19FN2O5S/c1-2-27-16-6-3-4-7-19(16)29(25,26)22-20(24)18-12-14-15(21)10-13(11-17(14)28-18)23-8-5-9-23/h3-4,6-7,10-12H,2,5,8-9H2,1H3,(H,22,24). The molecule has 29 heavy (non-hydrogen) atoms. The van der Waals surface area contributed by atoms with Crippen LogP contribution in [0.15, 0.2) is 51.8 Å². The lowest BCUT2D eigenvalue weighted by Gasteiger charge is -2.33. The fraction of sp³-hybridized carbons (Fsp3) is 0.250. The van der Waals surface area contributed by atoms with Gasteiger partial charge in [-0.15, -0.1) is 0 Å². The third kappa shape index (κ3) is 3.65. The van der Waals surface area contributed by atoms with Gasteiger partial charge < -0.3 is 14.1 Å². The number of carbonyl (C=O) groups is 1. The number of halogens is 1. The molecule has 2 heterocycles. The molecule has 3 aromatic rings. The molecule has 0 bridgehead atoms. The Morgan fingerprint density at radius 2 is 2.00 bits per heavy atom. The second-order valence-corrected chi connectivity index (χ2v) is 8.26. The van der Waals surface area contributed by atoms with Crippen LogP contribution in [0.2, 0.25) is 0 Å². The van der Waals surface area contributed by atoms with E-state index in [1.165, 1.54) is 30.3 Å². The highest BCUT2D eigenvalue weighted by Crippen LogP contribution is 2.30. The first-order valence-corrected chi connectivity index (χ1v) is 10.6. The molecule has 0 unspecified atom stereocenters. The first-order valence-electron chi connectivity index (χ1n) is 9.16. The predicted octanol–water partition coefficient (Wildman–Crippen LogP) is 3.30. The number of hydrogen-bond donors (Lipinski definition) is 1. The van der Waals surface area contributed by atoms with Crippen LogP contribution >= 0.6 is 0 Å². The maximum Gasteiger partial charge on any atom is 0.300 e. The molecule has 1 saturated heterocycles. The number of benzene rings is 2. The average Bonchev–Trinajstić information content (AvgIpc) is 3.06. The smallest absolute Gasteiger partial charge is 0.300 e. The molecule has 9 heteroatoms. The minimum atomic E-state index is -4.21. The molecule has 0 aliphatic carbocycles. The minimum Gasteiger partial charge on any atom is -0.492 e. The van der Waals surface area contributed by atoms with E-state index in [4.69, 9.17) is 9.15 Å². The van der Waals surface area contributed by atoms with Gasteiger partial charge in [0.1, 0.15) is 22.0 Å². The van der Waals surface area contributed by atoms with Crippen LogP contribution < -0.4 is 14.4 Å². The van der Waals surface area contributed by atoms with Gasteiger partial charge in [-0.25, -0.2) is 17.5 Å². The van der Waals surface area contributed by atoms with E-state index in [0.717, 1.165) is 19.5 Å². The molecular formula is C20H19FN2O5S. The molecule has 1 aliphatic rings. The van der Waals surface area contributed by atoms with E-state index in [-0.39, 0.29) is 34.0 Å². The summed E-state index contributed by atoms with van der Waals surface area (Å²) in [6, 6.07) is 10.2. The van der Waals surface area contributed by atoms with Crippen LogP contribution in [0.3, 0.4) is 0 Å². The van der Waals surface area contributed by atoms with Gasteiger partial charge in [-0.05, 0) is 31.5 Å². The van der Waals surface area contributed by atoms with Crippen LogP contribution in [-0.4, -0.2) is 34.0 Å². The lowest BCUT2D eigenvalue weighted by molar-refractivity contribution is 0.0956. The highest BCUT2D eigenvalue weighted by atomic mass is 32.2. The van der Waals surface area contributed by atoms with Crippen molar-refractivity contribution in [2.75, 3.05) is 24.6 Å². The lowest BCUT2D eigenvalue weighted by atomic mass is 10.1. The highest BCUT2D eigenvalue weighted by molar-refractivity contribution is 7.90. The molecule has 1 amide bonds. The number of hydrogen-bond acceptors (Lipinski definition) is 6. The van der Waals surface area contributed by atoms with Crippen LogP contribution in [0, 0.1) is 5.82 Å². The zero-order valence-electron chi connectivity index (χ0n) is 15.6. The maximum atomic E-state index is 14.4. The van der Waals surface area contributed by atoms with Crippen molar-refractivity contribution in [2.24, 2.45) is 0 Å². The third-order valence-electron chi connectivity index (χ3n) is 4.68. The summed E-state index contributed by atoms with van der Waals surface area (Å²) in [5.74, 6) is -1.68. The highest BCUT2D eigenvalue weighted by Gasteiger charge is 2.25. The molecule has 0 atom stereocenters. The van der Waals surface area contributed by atoms with E-state index in [0.29, 0.717) is 5.69 Å². The maximum absolute atomic E-state index is 14.4. The number of rotatable bonds is 6. The molecule has 1 aromatic heterocycles. The summed E-state index contributed by atoms with van der Waals surface area (Å²) >= 11 is 0. The van der Waals surface area contributed by atoms with E-state index in [1.807, 2.05) is 9.62 Å². The lowest BCUT2D eigenvalue weighted by Crippen LogP contribution is -2.36. The summed E-state index contributed by atoms with van der Waals surface area (Å²) in [4.78, 5) is 14.3. The van der Waals surface area contributed by atoms with Crippen LogP contribution in [-0.2, 0) is 10.0 Å². The number of sulfonamides is 1. The van der Waals surface area contributed by atoms with Crippen molar-refractivity contribution < 1.29 is 26.8 Å². The van der Waals surface area contributed by atoms with E-state index in [1.54, 1.807) is 19.1 Å². The fourth-order valence-electron chi connectivity index (χ4n) is 3.13. The van der Waals surface area contributed by atoms with E-state index in [9.17, 15) is 17.6 Å². The Morgan fingerprint density at radius 3 is 2.69 bits per heavy atom. The second kappa shape index (κ2) is 7.40. The third-order valence-corrected chi connectivity index (χ3v) is 6.05. The summed E-state index contributed by atoms with van der Waals surface area (Å²) in [5, 5.41) is 0.117. The average molecular weight is 418 g/mol. The van der Waals surface area contributed by atoms with Crippen molar-refractivity contribution in [2.45, 2.75) is 18.2 Å². The number of nitrogens with zero attached hydrogens (tertiary/aromatic N) is 1. The first-order chi connectivity index (χ1) is 13.9. The minimum absolute atomic E-state index is 0.117. The molecule has 1 fully saturated rings. The SMILES string of the molecule is CCOc1ccccc1S(=O)(=O)NC(=O)c1cc2c(F)cc(N3CCC3)cc2o1. The topological polar surface area (TPSA) is 88.8 Å². The number of amides is 1. The number of para-hydroxylation sites is 1. The van der Waals surface area contributed by atoms with Gasteiger partial charge in [0.05, 0.1) is 12.0 Å². The second-order valence-electron chi connectivity index (χ2n) is 6.61. The summed E-state index contributed by atoms with van der Waals surface area (Å²) in [7, 11) is -4.21. The Balaban J connectivity index is 1.63. The van der Waals surface area contributed by atoms with Gasteiger partial charge >= 0.3 is 5.91 Å². The Bertz CT molecular complexity index is 1180. The normalized spacial score (nSPS) is 13.9. The number of furan rings is 1. The Labute approximate surface area is 167 Å². The van der Waals surface area contributed by atoms with Crippen LogP contribution in [0.25, 0.3) is 11.0 Å². The van der Waals surface area contributed by atoms with Gasteiger partial charge in [-0.2, -0.15) is 0 Å². The van der Waals surface area contributed by atoms with Crippen molar-refractivity contribution in [1.82, 2.24) is 4.72 Å². The number of fused-ring (bicyclic) bond motifs is 1. The van der Waals surface area contributed by atoms with Crippen molar-refractivity contribution >= 4 is 32.6 Å². The van der Waals surface area contributed by atoms with E-state index in [2.05, 4.69) is 0 Å². The van der Waals surface area contributed by atoms with Gasteiger partial charge in [0, 0.05) is 30.9 Å². The van der Waals surface area contributed by atoms with Gasteiger partial charge in [-0.1, -0.05) is 12.1 Å². The summed E-state index contributed by atoms with van der Waals surface area (Å²) < 4.78 is 52.5. The molecule has 0 saturated carbocycles. The van der Waals surface area contributed by atoms with Gasteiger partial charge in [0.2, 0.25) is 0 Å². The Hall–Kier alpha value is -3.07. The molecule has 4 rings (SSSR count). The molecule has 1 aliphatic heterocycles. The largest absolute Gasteiger partial charge is 0.492 e. The van der Waals surface area contributed by atoms with Crippen molar-refractivity contribution in [3.8, 4) is 5.75 Å². The molecule has 1 N–H and O–H groups in total. The summed E-state index contributed by atoms with van der Waals surface area (Å²) in [6.07, 6.45) is 1.03. The zero-order chi connectivity index (χ0) is 20.6. The van der Waals surface area contributed by atoms with Gasteiger partial charge in [0.15, 0.2) is 5.76 Å². The van der Waals surface area contributed by atoms with Crippen molar-refractivity contribution in [3.63, 3.8) is 0 Å². The molecular weight excluding hydrogens is 399 g/mol. The summed E-state index contributed by atoms with van der Waals surface area (Å²) in [6.45, 7) is 3.65. The van der Waals surface area contributed by atoms with Crippen LogP contribution in [0.4, 0.5) is 10.1 Å². The van der Waals surface area contributed by atoms with Crippen LogP contribution in [0.5, 0.6) is 5.75 Å². The Kier molecular flexibility index (Phi) is 4.91. The Morgan fingerprint density at radius 1 is 1.24 bits per heavy atom. The molecule has 0 radical (unpaired) electrons. The molecule has 2 aromatic carbocycles. The van der Waals surface area contributed by atoms with Gasteiger partial charge in [0.25, 0.3) is 10.0 Å². The van der Waals surface area contributed by atoms with Crippen molar-refractivity contribution in [1.29, 1.82) is 0 Å².